The van der Waals surface area contributed by atoms with Crippen molar-refractivity contribution >= 4 is 11.6 Å². The predicted molar refractivity (Wildman–Crippen MR) is 52.8 cm³/mol. The Morgan fingerprint density at radius 3 is 3.00 bits per heavy atom. The Bertz CT molecular complexity index is 296. The van der Waals surface area contributed by atoms with Gasteiger partial charge in [0, 0.05) is 26.3 Å². The fraction of sp³-hybridized carbons (Fsp3) is 0.556. The molecule has 0 atom stereocenters. The zero-order chi connectivity index (χ0) is 10.4. The molecule has 0 saturated heterocycles. The number of aliphatic hydroxyl groups is 1. The third kappa shape index (κ3) is 3.57. The van der Waals surface area contributed by atoms with Crippen LogP contribution in [-0.4, -0.2) is 27.4 Å². The summed E-state index contributed by atoms with van der Waals surface area (Å²) in [5, 5.41) is 15.2. The van der Waals surface area contributed by atoms with Gasteiger partial charge in [-0.3, -0.25) is 9.48 Å². The lowest BCUT2D eigenvalue weighted by atomic mass is 10.2. The minimum absolute atomic E-state index is 0.0357. The van der Waals surface area contributed by atoms with Gasteiger partial charge in [0.05, 0.1) is 11.9 Å². The van der Waals surface area contributed by atoms with Crippen molar-refractivity contribution in [2.75, 3.05) is 11.9 Å². The fourth-order valence-electron chi connectivity index (χ4n) is 1.11. The van der Waals surface area contributed by atoms with Crippen molar-refractivity contribution in [3.05, 3.63) is 12.4 Å². The molecule has 1 aromatic heterocycles. The van der Waals surface area contributed by atoms with Crippen LogP contribution in [0, 0.1) is 0 Å². The highest BCUT2D eigenvalue weighted by molar-refractivity contribution is 5.90. The van der Waals surface area contributed by atoms with Crippen molar-refractivity contribution in [1.29, 1.82) is 0 Å². The molecule has 0 radical (unpaired) electrons. The number of hydrogen-bond acceptors (Lipinski definition) is 3. The van der Waals surface area contributed by atoms with E-state index in [0.29, 0.717) is 24.9 Å². The molecule has 0 aliphatic carbocycles. The van der Waals surface area contributed by atoms with Crippen LogP contribution in [0.2, 0.25) is 0 Å². The number of nitrogens with one attached hydrogen (secondary N) is 1. The second-order valence-electron chi connectivity index (χ2n) is 3.13. The predicted octanol–water partition coefficient (Wildman–Crippen LogP) is 0.521. The SMILES string of the molecule is Cn1cc(NC(=O)CCCCO)cn1. The maximum atomic E-state index is 11.3. The smallest absolute Gasteiger partial charge is 0.224 e. The molecule has 0 aliphatic rings. The second kappa shape index (κ2) is 5.39. The summed E-state index contributed by atoms with van der Waals surface area (Å²) in [5.41, 5.74) is 0.710. The number of nitrogens with zero attached hydrogens (tertiary/aromatic N) is 2. The normalized spacial score (nSPS) is 10.1. The van der Waals surface area contributed by atoms with Crippen molar-refractivity contribution in [2.45, 2.75) is 19.3 Å². The third-order valence-corrected chi connectivity index (χ3v) is 1.80. The van der Waals surface area contributed by atoms with Crippen LogP contribution in [-0.2, 0) is 11.8 Å². The number of amides is 1. The number of aryl methyl sites for hydroxylation is 1. The number of carbonyl (C=O) groups is 1. The van der Waals surface area contributed by atoms with Gasteiger partial charge in [0.25, 0.3) is 0 Å². The molecule has 78 valence electrons. The van der Waals surface area contributed by atoms with Gasteiger partial charge >= 0.3 is 0 Å². The Balaban J connectivity index is 2.27. The summed E-state index contributed by atoms with van der Waals surface area (Å²) in [6.07, 6.45) is 5.16. The molecular weight excluding hydrogens is 182 g/mol. The van der Waals surface area contributed by atoms with Crippen molar-refractivity contribution in [2.24, 2.45) is 7.05 Å². The molecule has 0 aliphatic heterocycles. The molecule has 1 aromatic rings. The summed E-state index contributed by atoms with van der Waals surface area (Å²) < 4.78 is 1.63. The molecule has 1 amide bonds. The van der Waals surface area contributed by atoms with E-state index in [2.05, 4.69) is 10.4 Å². The molecule has 0 bridgehead atoms. The first-order valence-electron chi connectivity index (χ1n) is 4.61. The van der Waals surface area contributed by atoms with E-state index in [4.69, 9.17) is 5.11 Å². The Morgan fingerprint density at radius 1 is 1.64 bits per heavy atom. The molecule has 14 heavy (non-hydrogen) atoms. The van der Waals surface area contributed by atoms with Gasteiger partial charge in [-0.05, 0) is 12.8 Å². The monoisotopic (exact) mass is 197 g/mol. The number of unbranched alkanes of at least 4 members (excludes halogenated alkanes) is 1. The molecule has 0 fully saturated rings. The Labute approximate surface area is 82.7 Å². The highest BCUT2D eigenvalue weighted by Crippen LogP contribution is 2.05. The minimum Gasteiger partial charge on any atom is -0.396 e. The van der Waals surface area contributed by atoms with Crippen LogP contribution < -0.4 is 5.32 Å². The average Bonchev–Trinajstić information content (AvgIpc) is 2.52. The molecule has 0 spiro atoms. The molecule has 1 rings (SSSR count). The molecule has 2 N–H and O–H groups in total. The largest absolute Gasteiger partial charge is 0.396 e. The summed E-state index contributed by atoms with van der Waals surface area (Å²) in [5.74, 6) is -0.0357. The van der Waals surface area contributed by atoms with E-state index in [1.165, 1.54) is 0 Å². The molecule has 0 unspecified atom stereocenters. The zero-order valence-electron chi connectivity index (χ0n) is 8.23. The Morgan fingerprint density at radius 2 is 2.43 bits per heavy atom. The van der Waals surface area contributed by atoms with Gasteiger partial charge in [0.1, 0.15) is 0 Å². The molecule has 0 aromatic carbocycles. The number of aromatic nitrogens is 2. The van der Waals surface area contributed by atoms with Gasteiger partial charge in [-0.25, -0.2) is 0 Å². The molecule has 0 saturated carbocycles. The standard InChI is InChI=1S/C9H15N3O2/c1-12-7-8(6-10-12)11-9(14)4-2-3-5-13/h6-7,13H,2-5H2,1H3,(H,11,14). The van der Waals surface area contributed by atoms with Crippen LogP contribution >= 0.6 is 0 Å². The fourth-order valence-corrected chi connectivity index (χ4v) is 1.11. The van der Waals surface area contributed by atoms with Crippen LogP contribution in [0.5, 0.6) is 0 Å². The van der Waals surface area contributed by atoms with Gasteiger partial charge in [0.2, 0.25) is 5.91 Å². The Hall–Kier alpha value is -1.36. The maximum Gasteiger partial charge on any atom is 0.224 e. The summed E-state index contributed by atoms with van der Waals surface area (Å²) in [6, 6.07) is 0. The number of aliphatic hydroxyl groups excluding tert-OH is 1. The molecule has 5 nitrogen and oxygen atoms in total. The lowest BCUT2D eigenvalue weighted by molar-refractivity contribution is -0.116. The quantitative estimate of drug-likeness (QED) is 0.676. The zero-order valence-corrected chi connectivity index (χ0v) is 8.23. The van der Waals surface area contributed by atoms with Gasteiger partial charge in [0.15, 0.2) is 0 Å². The summed E-state index contributed by atoms with van der Waals surface area (Å²) in [7, 11) is 1.79. The van der Waals surface area contributed by atoms with Crippen LogP contribution in [0.25, 0.3) is 0 Å². The van der Waals surface area contributed by atoms with E-state index in [-0.39, 0.29) is 12.5 Å². The van der Waals surface area contributed by atoms with E-state index in [1.807, 2.05) is 0 Å². The number of anilines is 1. The van der Waals surface area contributed by atoms with Crippen molar-refractivity contribution in [1.82, 2.24) is 9.78 Å². The molecule has 1 heterocycles. The van der Waals surface area contributed by atoms with E-state index in [9.17, 15) is 4.79 Å². The van der Waals surface area contributed by atoms with Gasteiger partial charge in [-0.2, -0.15) is 5.10 Å². The lowest BCUT2D eigenvalue weighted by Gasteiger charge is -2.00. The topological polar surface area (TPSA) is 67.2 Å². The van der Waals surface area contributed by atoms with E-state index >= 15 is 0 Å². The second-order valence-corrected chi connectivity index (χ2v) is 3.13. The van der Waals surface area contributed by atoms with E-state index < -0.39 is 0 Å². The first-order chi connectivity index (χ1) is 6.72. The lowest BCUT2D eigenvalue weighted by Crippen LogP contribution is -2.10. The average molecular weight is 197 g/mol. The summed E-state index contributed by atoms with van der Waals surface area (Å²) >= 11 is 0. The maximum absolute atomic E-state index is 11.3. The third-order valence-electron chi connectivity index (χ3n) is 1.80. The van der Waals surface area contributed by atoms with Gasteiger partial charge < -0.3 is 10.4 Å². The van der Waals surface area contributed by atoms with Crippen LogP contribution in [0.3, 0.4) is 0 Å². The summed E-state index contributed by atoms with van der Waals surface area (Å²) in [6.45, 7) is 0.139. The molecular formula is C9H15N3O2. The van der Waals surface area contributed by atoms with Crippen LogP contribution in [0.15, 0.2) is 12.4 Å². The first-order valence-corrected chi connectivity index (χ1v) is 4.61. The highest BCUT2D eigenvalue weighted by atomic mass is 16.2. The van der Waals surface area contributed by atoms with Gasteiger partial charge in [-0.1, -0.05) is 0 Å². The van der Waals surface area contributed by atoms with E-state index in [1.54, 1.807) is 24.1 Å². The van der Waals surface area contributed by atoms with Crippen LogP contribution in [0.4, 0.5) is 5.69 Å². The minimum atomic E-state index is -0.0357. The number of hydrogen-bond donors (Lipinski definition) is 2. The van der Waals surface area contributed by atoms with Crippen molar-refractivity contribution in [3.8, 4) is 0 Å². The van der Waals surface area contributed by atoms with Crippen molar-refractivity contribution < 1.29 is 9.90 Å². The summed E-state index contributed by atoms with van der Waals surface area (Å²) in [4.78, 5) is 11.3. The van der Waals surface area contributed by atoms with Crippen molar-refractivity contribution in [3.63, 3.8) is 0 Å². The highest BCUT2D eigenvalue weighted by Gasteiger charge is 2.02. The first kappa shape index (κ1) is 10.7. The van der Waals surface area contributed by atoms with Crippen LogP contribution in [0.1, 0.15) is 19.3 Å². The molecule has 5 heteroatoms. The number of carbonyl (C=O) groups excluding carboxylic acids is 1. The Kier molecular flexibility index (Phi) is 4.12. The van der Waals surface area contributed by atoms with E-state index in [0.717, 1.165) is 0 Å². The number of rotatable bonds is 5. The van der Waals surface area contributed by atoms with Gasteiger partial charge in [-0.15, -0.1) is 0 Å².